The van der Waals surface area contributed by atoms with Gasteiger partial charge in [0, 0.05) is 0 Å². The van der Waals surface area contributed by atoms with Gasteiger partial charge in [-0.25, -0.2) is 8.78 Å². The van der Waals surface area contributed by atoms with E-state index in [1.807, 2.05) is 0 Å². The van der Waals surface area contributed by atoms with Crippen LogP contribution in [0.4, 0.5) is 8.78 Å². The highest BCUT2D eigenvalue weighted by Gasteiger charge is 2.18. The number of benzene rings is 1. The summed E-state index contributed by atoms with van der Waals surface area (Å²) in [4.78, 5) is 0. The summed E-state index contributed by atoms with van der Waals surface area (Å²) in [5, 5.41) is 0. The topological polar surface area (TPSA) is 9.23 Å². The molecule has 1 aromatic carbocycles. The van der Waals surface area contributed by atoms with Crippen LogP contribution in [-0.2, 0) is 0 Å². The highest BCUT2D eigenvalue weighted by Crippen LogP contribution is 2.35. The summed E-state index contributed by atoms with van der Waals surface area (Å²) in [6, 6.07) is 1.06. The fourth-order valence-electron chi connectivity index (χ4n) is 1.19. The van der Waals surface area contributed by atoms with Crippen LogP contribution in [0, 0.1) is 11.6 Å². The van der Waals surface area contributed by atoms with Crippen LogP contribution in [0.1, 0.15) is 5.56 Å². The molecule has 0 fully saturated rings. The first-order valence-corrected chi connectivity index (χ1v) is 4.46. The number of fused-ring (bicyclic) bond motifs is 1. The Morgan fingerprint density at radius 3 is 2.92 bits per heavy atom. The quantitative estimate of drug-likeness (QED) is 0.640. The zero-order valence-corrected chi connectivity index (χ0v) is 8.07. The van der Waals surface area contributed by atoms with Crippen LogP contribution < -0.4 is 4.74 Å². The molecular weight excluding hydrogens is 242 g/mol. The van der Waals surface area contributed by atoms with Crippen LogP contribution in [0.15, 0.2) is 16.6 Å². The minimum atomic E-state index is -0.874. The Bertz CT molecular complexity index is 388. The van der Waals surface area contributed by atoms with Crippen molar-refractivity contribution in [3.8, 4) is 5.75 Å². The highest BCUT2D eigenvalue weighted by atomic mass is 79.9. The number of ether oxygens (including phenoxy) is 1. The van der Waals surface area contributed by atoms with Crippen molar-refractivity contribution in [1.82, 2.24) is 0 Å². The molecule has 1 aromatic rings. The fourth-order valence-corrected chi connectivity index (χ4v) is 1.72. The van der Waals surface area contributed by atoms with Gasteiger partial charge in [0.2, 0.25) is 0 Å². The van der Waals surface area contributed by atoms with E-state index in [0.29, 0.717) is 16.8 Å². The Hall–Kier alpha value is -0.900. The van der Waals surface area contributed by atoms with Gasteiger partial charge in [-0.2, -0.15) is 0 Å². The lowest BCUT2D eigenvalue weighted by atomic mass is 10.1. The largest absolute Gasteiger partial charge is 0.488 e. The lowest BCUT2D eigenvalue weighted by molar-refractivity contribution is 0.350. The smallest absolute Gasteiger partial charge is 0.169 e. The third-order valence-electron chi connectivity index (χ3n) is 1.77. The summed E-state index contributed by atoms with van der Waals surface area (Å²) in [7, 11) is 0. The molecule has 1 aliphatic heterocycles. The SMILES string of the molecule is Fc1cc(Br)c2c(c1F)C=CCO2. The number of halogens is 3. The van der Waals surface area contributed by atoms with Crippen molar-refractivity contribution in [2.75, 3.05) is 6.61 Å². The first-order chi connectivity index (χ1) is 6.20. The molecule has 0 N–H and O–H groups in total. The Labute approximate surface area is 82.1 Å². The van der Waals surface area contributed by atoms with Crippen LogP contribution in [0.3, 0.4) is 0 Å². The molecule has 13 heavy (non-hydrogen) atoms. The molecule has 0 bridgehead atoms. The summed E-state index contributed by atoms with van der Waals surface area (Å²) >= 11 is 3.10. The molecule has 0 saturated carbocycles. The van der Waals surface area contributed by atoms with E-state index in [2.05, 4.69) is 15.9 Å². The molecule has 0 aliphatic carbocycles. The van der Waals surface area contributed by atoms with Gasteiger partial charge in [0.1, 0.15) is 12.4 Å². The maximum atomic E-state index is 13.1. The third kappa shape index (κ3) is 1.35. The van der Waals surface area contributed by atoms with Gasteiger partial charge in [0.05, 0.1) is 10.0 Å². The molecule has 0 spiro atoms. The Balaban J connectivity index is 2.72. The van der Waals surface area contributed by atoms with Crippen LogP contribution in [0.25, 0.3) is 6.08 Å². The van der Waals surface area contributed by atoms with Crippen molar-refractivity contribution in [2.24, 2.45) is 0 Å². The summed E-state index contributed by atoms with van der Waals surface area (Å²) in [6.45, 7) is 0.386. The summed E-state index contributed by atoms with van der Waals surface area (Å²) in [5.74, 6) is -1.38. The average Bonchev–Trinajstić information content (AvgIpc) is 2.15. The van der Waals surface area contributed by atoms with Gasteiger partial charge >= 0.3 is 0 Å². The van der Waals surface area contributed by atoms with E-state index in [0.717, 1.165) is 6.07 Å². The van der Waals surface area contributed by atoms with E-state index in [1.165, 1.54) is 6.08 Å². The van der Waals surface area contributed by atoms with Gasteiger partial charge in [-0.05, 0) is 34.1 Å². The average molecular weight is 247 g/mol. The summed E-state index contributed by atoms with van der Waals surface area (Å²) in [6.07, 6.45) is 3.15. The highest BCUT2D eigenvalue weighted by molar-refractivity contribution is 9.10. The second kappa shape index (κ2) is 3.10. The molecule has 0 saturated heterocycles. The van der Waals surface area contributed by atoms with Crippen molar-refractivity contribution < 1.29 is 13.5 Å². The zero-order valence-electron chi connectivity index (χ0n) is 6.48. The summed E-state index contributed by atoms with van der Waals surface area (Å²) in [5.41, 5.74) is 0.165. The van der Waals surface area contributed by atoms with Crippen molar-refractivity contribution >= 4 is 22.0 Å². The second-order valence-electron chi connectivity index (χ2n) is 2.61. The number of hydrogen-bond acceptors (Lipinski definition) is 1. The predicted octanol–water partition coefficient (Wildman–Crippen LogP) is 3.13. The van der Waals surface area contributed by atoms with Crippen molar-refractivity contribution in [3.05, 3.63) is 33.8 Å². The van der Waals surface area contributed by atoms with E-state index in [1.54, 1.807) is 6.08 Å². The van der Waals surface area contributed by atoms with E-state index in [4.69, 9.17) is 4.74 Å². The fraction of sp³-hybridized carbons (Fsp3) is 0.111. The van der Waals surface area contributed by atoms with Crippen LogP contribution in [0.2, 0.25) is 0 Å². The third-order valence-corrected chi connectivity index (χ3v) is 2.36. The second-order valence-corrected chi connectivity index (χ2v) is 3.46. The molecule has 0 aromatic heterocycles. The zero-order chi connectivity index (χ0) is 9.42. The van der Waals surface area contributed by atoms with Gasteiger partial charge < -0.3 is 4.74 Å². The molecule has 0 amide bonds. The first kappa shape index (κ1) is 8.69. The minimum absolute atomic E-state index is 0.165. The first-order valence-electron chi connectivity index (χ1n) is 3.67. The van der Waals surface area contributed by atoms with E-state index < -0.39 is 11.6 Å². The molecule has 0 atom stereocenters. The molecule has 2 rings (SSSR count). The predicted molar refractivity (Wildman–Crippen MR) is 48.6 cm³/mol. The Morgan fingerprint density at radius 1 is 1.38 bits per heavy atom. The lowest BCUT2D eigenvalue weighted by Gasteiger charge is -2.14. The Morgan fingerprint density at radius 2 is 2.15 bits per heavy atom. The number of hydrogen-bond donors (Lipinski definition) is 0. The molecule has 1 nitrogen and oxygen atoms in total. The van der Waals surface area contributed by atoms with Crippen LogP contribution in [-0.4, -0.2) is 6.61 Å². The molecule has 0 unspecified atom stereocenters. The minimum Gasteiger partial charge on any atom is -0.488 e. The normalized spacial score (nSPS) is 13.8. The Kier molecular flexibility index (Phi) is 2.07. The molecule has 0 radical (unpaired) electrons. The number of rotatable bonds is 0. The van der Waals surface area contributed by atoms with E-state index in [9.17, 15) is 8.78 Å². The maximum Gasteiger partial charge on any atom is 0.169 e. The van der Waals surface area contributed by atoms with Gasteiger partial charge in [0.15, 0.2) is 11.6 Å². The van der Waals surface area contributed by atoms with Gasteiger partial charge in [0.25, 0.3) is 0 Å². The van der Waals surface area contributed by atoms with Gasteiger partial charge in [-0.3, -0.25) is 0 Å². The van der Waals surface area contributed by atoms with Crippen LogP contribution >= 0.6 is 15.9 Å². The van der Waals surface area contributed by atoms with Gasteiger partial charge in [-0.1, -0.05) is 0 Å². The van der Waals surface area contributed by atoms with Crippen molar-refractivity contribution in [3.63, 3.8) is 0 Å². The van der Waals surface area contributed by atoms with E-state index >= 15 is 0 Å². The monoisotopic (exact) mass is 246 g/mol. The lowest BCUT2D eigenvalue weighted by Crippen LogP contribution is -2.04. The van der Waals surface area contributed by atoms with Crippen LogP contribution in [0.5, 0.6) is 5.75 Å². The van der Waals surface area contributed by atoms with E-state index in [-0.39, 0.29) is 5.56 Å². The maximum absolute atomic E-state index is 13.1. The molecular formula is C9H5BrF2O. The molecule has 68 valence electrons. The standard InChI is InChI=1S/C9H5BrF2O/c10-6-4-7(11)8(12)5-2-1-3-13-9(5)6/h1-2,4H,3H2. The van der Waals surface area contributed by atoms with Gasteiger partial charge in [-0.15, -0.1) is 0 Å². The van der Waals surface area contributed by atoms with Crippen molar-refractivity contribution in [2.45, 2.75) is 0 Å². The molecule has 4 heteroatoms. The molecule has 1 aliphatic rings. The van der Waals surface area contributed by atoms with Crippen molar-refractivity contribution in [1.29, 1.82) is 0 Å². The molecule has 1 heterocycles. The summed E-state index contributed by atoms with van der Waals surface area (Å²) < 4.78 is 31.6.